The van der Waals surface area contributed by atoms with Gasteiger partial charge in [-0.05, 0) is 6.08 Å². The number of hydrogen-bond acceptors (Lipinski definition) is 9. The Kier molecular flexibility index (Phi) is 4.82. The minimum atomic E-state index is -1.67. The third-order valence-electron chi connectivity index (χ3n) is 3.65. The number of hydrogen-bond donors (Lipinski definition) is 3. The van der Waals surface area contributed by atoms with E-state index in [1.165, 1.54) is 24.9 Å². The van der Waals surface area contributed by atoms with Gasteiger partial charge < -0.3 is 21.0 Å². The maximum absolute atomic E-state index is 12.5. The van der Waals surface area contributed by atoms with Crippen molar-refractivity contribution in [1.82, 2.24) is 10.2 Å². The normalized spacial score (nSPS) is 27.7. The summed E-state index contributed by atoms with van der Waals surface area (Å²) >= 11 is 1.31. The Balaban J connectivity index is 1.76. The number of carboxylic acid groups (broad SMARTS) is 1. The van der Waals surface area contributed by atoms with Gasteiger partial charge in [-0.1, -0.05) is 5.16 Å². The Hall–Kier alpha value is -2.67. The Bertz CT molecular complexity index is 848. The molecular formula is C13H13N5O6S2. The number of amidine groups is 1. The minimum absolute atomic E-state index is 0.0359. The number of oxime groups is 1. The van der Waals surface area contributed by atoms with E-state index in [-0.39, 0.29) is 22.3 Å². The molecule has 3 aliphatic rings. The predicted octanol–water partition coefficient (Wildman–Crippen LogP) is -1.72. The molecule has 3 heterocycles. The number of nitrogens with zero attached hydrogens (tertiary/aromatic N) is 3. The summed E-state index contributed by atoms with van der Waals surface area (Å²) in [6, 6.07) is -0.925. The van der Waals surface area contributed by atoms with Crippen molar-refractivity contribution >= 4 is 51.2 Å². The molecule has 0 bridgehead atoms. The second-order valence-corrected chi connectivity index (χ2v) is 7.55. The van der Waals surface area contributed by atoms with Crippen molar-refractivity contribution in [3.63, 3.8) is 0 Å². The lowest BCUT2D eigenvalue weighted by molar-refractivity contribution is -0.150. The summed E-state index contributed by atoms with van der Waals surface area (Å²) in [5.74, 6) is -2.14. The number of β-lactam (4-membered cyclic amide) rings is 1. The molecule has 1 unspecified atom stereocenters. The first-order chi connectivity index (χ1) is 12.3. The number of carboxylic acids is 1. The molecule has 11 nitrogen and oxygen atoms in total. The highest BCUT2D eigenvalue weighted by atomic mass is 32.2. The first kappa shape index (κ1) is 18.1. The van der Waals surface area contributed by atoms with Gasteiger partial charge in [0.25, 0.3) is 11.8 Å². The van der Waals surface area contributed by atoms with Crippen molar-refractivity contribution in [1.29, 1.82) is 0 Å². The van der Waals surface area contributed by atoms with Crippen LogP contribution in [0.25, 0.3) is 0 Å². The topological polar surface area (TPSA) is 164 Å². The van der Waals surface area contributed by atoms with E-state index in [4.69, 9.17) is 10.8 Å². The molecule has 0 aliphatic carbocycles. The van der Waals surface area contributed by atoms with E-state index in [1.807, 2.05) is 0 Å². The van der Waals surface area contributed by atoms with E-state index >= 15 is 0 Å². The number of amides is 2. The quantitative estimate of drug-likeness (QED) is 0.279. The summed E-state index contributed by atoms with van der Waals surface area (Å²) in [4.78, 5) is 45.5. The van der Waals surface area contributed by atoms with Crippen LogP contribution in [0.5, 0.6) is 0 Å². The van der Waals surface area contributed by atoms with Crippen molar-refractivity contribution in [2.75, 3.05) is 12.9 Å². The van der Waals surface area contributed by atoms with Crippen molar-refractivity contribution in [3.8, 4) is 0 Å². The van der Waals surface area contributed by atoms with E-state index in [0.717, 1.165) is 10.3 Å². The molecule has 138 valence electrons. The fraction of sp³-hybridized carbons (Fsp3) is 0.308. The first-order valence-corrected chi connectivity index (χ1v) is 9.38. The molecule has 13 heteroatoms. The molecule has 3 rings (SSSR count). The Morgan fingerprint density at radius 3 is 2.88 bits per heavy atom. The number of nitrogens with one attached hydrogen (secondary N) is 1. The number of fused-ring (bicyclic) bond motifs is 1. The van der Waals surface area contributed by atoms with Gasteiger partial charge in [-0.15, -0.1) is 11.8 Å². The van der Waals surface area contributed by atoms with Gasteiger partial charge in [0.15, 0.2) is 10.9 Å². The average molecular weight is 399 g/mol. The van der Waals surface area contributed by atoms with Gasteiger partial charge >= 0.3 is 5.97 Å². The standard InChI is InChI=1S/C13H13N5O6S2/c1-24-17-7(5-4-26(23)13(14)15-5)9(19)16-8-10(20)18-6(12(21)22)2-3-25-11(8)18/h2,4,8,11H,3H2,1H3,(H2,14,15)(H,16,19)(H,21,22)/b17-7-/t8-,11-,26?/m1/s1. The molecule has 3 aliphatic heterocycles. The lowest BCUT2D eigenvalue weighted by Gasteiger charge is -2.48. The van der Waals surface area contributed by atoms with Crippen LogP contribution < -0.4 is 11.1 Å². The summed E-state index contributed by atoms with van der Waals surface area (Å²) in [6.07, 6.45) is 1.44. The third-order valence-corrected chi connectivity index (χ3v) is 5.77. The van der Waals surface area contributed by atoms with Gasteiger partial charge in [0, 0.05) is 11.2 Å². The number of thioether (sulfide) groups is 1. The van der Waals surface area contributed by atoms with Gasteiger partial charge in [-0.2, -0.15) is 0 Å². The van der Waals surface area contributed by atoms with E-state index in [1.54, 1.807) is 0 Å². The second-order valence-electron chi connectivity index (χ2n) is 5.15. The van der Waals surface area contributed by atoms with Gasteiger partial charge in [-0.25, -0.2) is 14.0 Å². The first-order valence-electron chi connectivity index (χ1n) is 7.12. The number of aliphatic carboxylic acids is 1. The summed E-state index contributed by atoms with van der Waals surface area (Å²) in [7, 11) is -0.453. The van der Waals surface area contributed by atoms with E-state index in [9.17, 15) is 18.6 Å². The fourth-order valence-corrected chi connectivity index (χ4v) is 4.37. The highest BCUT2D eigenvalue weighted by molar-refractivity contribution is 8.03. The molecule has 0 saturated carbocycles. The van der Waals surface area contributed by atoms with Crippen LogP contribution in [0.4, 0.5) is 0 Å². The summed E-state index contributed by atoms with van der Waals surface area (Å²) in [5.41, 5.74) is 5.00. The zero-order valence-corrected chi connectivity index (χ0v) is 14.9. The van der Waals surface area contributed by atoms with Crippen LogP contribution in [0.2, 0.25) is 0 Å². The number of carbonyl (C=O) groups is 3. The van der Waals surface area contributed by atoms with Crippen LogP contribution in [0.3, 0.4) is 0 Å². The molecule has 0 radical (unpaired) electrons. The summed E-state index contributed by atoms with van der Waals surface area (Å²) in [5, 5.41) is 15.6. The van der Waals surface area contributed by atoms with Crippen molar-refractivity contribution < 1.29 is 28.5 Å². The largest absolute Gasteiger partial charge is 0.477 e. The molecule has 3 atom stereocenters. The zero-order valence-electron chi connectivity index (χ0n) is 13.2. The van der Waals surface area contributed by atoms with Crippen LogP contribution in [0.15, 0.2) is 33.0 Å². The molecular weight excluding hydrogens is 386 g/mol. The maximum Gasteiger partial charge on any atom is 0.352 e. The monoisotopic (exact) mass is 399 g/mol. The second kappa shape index (κ2) is 6.92. The van der Waals surface area contributed by atoms with Crippen LogP contribution in [-0.4, -0.2) is 67.2 Å². The van der Waals surface area contributed by atoms with Crippen LogP contribution >= 0.6 is 11.8 Å². The minimum Gasteiger partial charge on any atom is -0.477 e. The molecule has 0 aromatic carbocycles. The number of nitrogens with two attached hydrogens (primary N) is 1. The summed E-state index contributed by atoms with van der Waals surface area (Å²) in [6.45, 7) is 0. The molecule has 0 spiro atoms. The third kappa shape index (κ3) is 2.99. The smallest absolute Gasteiger partial charge is 0.352 e. The number of carbonyl (C=O) groups excluding carboxylic acids is 2. The van der Waals surface area contributed by atoms with Gasteiger partial charge in [-0.3, -0.25) is 14.5 Å². The number of rotatable bonds is 5. The molecule has 4 N–H and O–H groups in total. The molecule has 1 fully saturated rings. The van der Waals surface area contributed by atoms with Gasteiger partial charge in [0.1, 0.15) is 40.7 Å². The predicted molar refractivity (Wildman–Crippen MR) is 93.0 cm³/mol. The van der Waals surface area contributed by atoms with Crippen molar-refractivity contribution in [2.24, 2.45) is 15.9 Å². The van der Waals surface area contributed by atoms with E-state index < -0.39 is 40.0 Å². The van der Waals surface area contributed by atoms with Crippen molar-refractivity contribution in [2.45, 2.75) is 11.4 Å². The van der Waals surface area contributed by atoms with Gasteiger partial charge in [0.05, 0.1) is 0 Å². The molecule has 26 heavy (non-hydrogen) atoms. The SMILES string of the molecule is CO/N=C(\C(=O)N[C@@H]1C(=O)N2C(C(=O)O)=CCS[C@H]12)C1=CS(=O)C(N)=N1. The highest BCUT2D eigenvalue weighted by Crippen LogP contribution is 2.37. The number of aliphatic imine (C=N–C) groups is 1. The van der Waals surface area contributed by atoms with E-state index in [2.05, 4.69) is 20.3 Å². The lowest BCUT2D eigenvalue weighted by atomic mass is 10.0. The fourth-order valence-electron chi connectivity index (χ4n) is 2.50. The average Bonchev–Trinajstić information content (AvgIpc) is 2.94. The Labute approximate surface area is 153 Å². The maximum atomic E-state index is 12.5. The van der Waals surface area contributed by atoms with Crippen LogP contribution in [0.1, 0.15) is 0 Å². The molecule has 1 saturated heterocycles. The zero-order chi connectivity index (χ0) is 19.0. The Morgan fingerprint density at radius 2 is 2.31 bits per heavy atom. The van der Waals surface area contributed by atoms with E-state index in [0.29, 0.717) is 5.75 Å². The molecule has 0 aromatic rings. The molecule has 0 aromatic heterocycles. The summed E-state index contributed by atoms with van der Waals surface area (Å²) < 4.78 is 11.6. The molecule has 2 amide bonds. The van der Waals surface area contributed by atoms with Crippen LogP contribution in [0, 0.1) is 0 Å². The van der Waals surface area contributed by atoms with Gasteiger partial charge in [0.2, 0.25) is 0 Å². The Morgan fingerprint density at radius 1 is 1.58 bits per heavy atom. The van der Waals surface area contributed by atoms with Crippen molar-refractivity contribution in [3.05, 3.63) is 22.9 Å². The van der Waals surface area contributed by atoms with Crippen LogP contribution in [-0.2, 0) is 30.0 Å². The highest BCUT2D eigenvalue weighted by Gasteiger charge is 2.53. The lowest BCUT2D eigenvalue weighted by Crippen LogP contribution is -2.70.